The maximum absolute atomic E-state index is 5.64. The maximum Gasteiger partial charge on any atom is 0.263 e. The number of anilines is 1. The molecular formula is C12H11N5OS. The summed E-state index contributed by atoms with van der Waals surface area (Å²) in [5, 5.41) is 1.31. The number of aromatic nitrogens is 3. The highest BCUT2D eigenvalue weighted by Crippen LogP contribution is 2.30. The quantitative estimate of drug-likeness (QED) is 0.430. The lowest BCUT2D eigenvalue weighted by molar-refractivity contribution is 0.489. The van der Waals surface area contributed by atoms with Crippen molar-refractivity contribution in [3.05, 3.63) is 36.0 Å². The van der Waals surface area contributed by atoms with E-state index in [9.17, 15) is 0 Å². The Morgan fingerprint density at radius 1 is 1.26 bits per heavy atom. The summed E-state index contributed by atoms with van der Waals surface area (Å²) in [5.41, 5.74) is 4.94. The van der Waals surface area contributed by atoms with Crippen LogP contribution in [-0.4, -0.2) is 15.0 Å². The van der Waals surface area contributed by atoms with Crippen molar-refractivity contribution in [2.75, 3.05) is 5.43 Å². The zero-order valence-corrected chi connectivity index (χ0v) is 10.9. The predicted octanol–water partition coefficient (Wildman–Crippen LogP) is 2.36. The average molecular weight is 273 g/mol. The molecule has 19 heavy (non-hydrogen) atoms. The van der Waals surface area contributed by atoms with E-state index in [1.54, 1.807) is 6.20 Å². The number of para-hydroxylation sites is 2. The van der Waals surface area contributed by atoms with Gasteiger partial charge in [-0.3, -0.25) is 5.43 Å². The highest BCUT2D eigenvalue weighted by Gasteiger charge is 2.11. The Labute approximate surface area is 113 Å². The number of oxazole rings is 1. The van der Waals surface area contributed by atoms with Crippen LogP contribution in [0.15, 0.2) is 45.1 Å². The Morgan fingerprint density at radius 2 is 2.11 bits per heavy atom. The number of aryl methyl sites for hydroxylation is 1. The van der Waals surface area contributed by atoms with E-state index in [0.717, 1.165) is 21.7 Å². The summed E-state index contributed by atoms with van der Waals surface area (Å²) >= 11 is 1.35. The van der Waals surface area contributed by atoms with Crippen molar-refractivity contribution in [2.45, 2.75) is 17.2 Å². The minimum Gasteiger partial charge on any atom is -0.431 e. The van der Waals surface area contributed by atoms with Crippen LogP contribution in [0, 0.1) is 6.92 Å². The molecule has 3 rings (SSSR count). The van der Waals surface area contributed by atoms with Gasteiger partial charge in [-0.15, -0.1) is 0 Å². The standard InChI is InChI=1S/C12H11N5OS/c1-7-6-14-11(17-13)16-10(7)19-12-15-8-4-2-3-5-9(8)18-12/h2-6H,13H2,1H3,(H,14,16,17). The fourth-order valence-electron chi connectivity index (χ4n) is 1.58. The van der Waals surface area contributed by atoms with E-state index in [1.807, 2.05) is 31.2 Å². The topological polar surface area (TPSA) is 89.9 Å². The molecule has 6 nitrogen and oxygen atoms in total. The fraction of sp³-hybridized carbons (Fsp3) is 0.0833. The molecule has 0 radical (unpaired) electrons. The molecule has 0 bridgehead atoms. The lowest BCUT2D eigenvalue weighted by atomic mass is 10.3. The minimum absolute atomic E-state index is 0.365. The molecule has 0 aliphatic rings. The second kappa shape index (κ2) is 4.87. The van der Waals surface area contributed by atoms with Gasteiger partial charge in [0.15, 0.2) is 5.58 Å². The maximum atomic E-state index is 5.64. The van der Waals surface area contributed by atoms with Gasteiger partial charge >= 0.3 is 0 Å². The number of nitrogen functional groups attached to an aromatic ring is 1. The number of nitrogens with one attached hydrogen (secondary N) is 1. The third kappa shape index (κ3) is 2.38. The Bertz CT molecular complexity index is 694. The van der Waals surface area contributed by atoms with Crippen molar-refractivity contribution in [3.8, 4) is 0 Å². The van der Waals surface area contributed by atoms with E-state index in [1.165, 1.54) is 11.8 Å². The molecule has 0 spiro atoms. The Morgan fingerprint density at radius 3 is 2.89 bits per heavy atom. The molecule has 0 atom stereocenters. The summed E-state index contributed by atoms with van der Waals surface area (Å²) < 4.78 is 5.64. The van der Waals surface area contributed by atoms with Crippen LogP contribution in [0.1, 0.15) is 5.56 Å². The molecule has 0 saturated carbocycles. The molecular weight excluding hydrogens is 262 g/mol. The molecule has 1 aromatic carbocycles. The van der Waals surface area contributed by atoms with Crippen molar-refractivity contribution in [1.82, 2.24) is 15.0 Å². The summed E-state index contributed by atoms with van der Waals surface area (Å²) in [4.78, 5) is 12.7. The number of benzene rings is 1. The van der Waals surface area contributed by atoms with Crippen LogP contribution in [0.2, 0.25) is 0 Å². The smallest absolute Gasteiger partial charge is 0.263 e. The Kier molecular flexibility index (Phi) is 3.06. The number of fused-ring (bicyclic) bond motifs is 1. The second-order valence-corrected chi connectivity index (χ2v) is 4.82. The van der Waals surface area contributed by atoms with E-state index in [2.05, 4.69) is 20.4 Å². The van der Waals surface area contributed by atoms with Gasteiger partial charge in [0.25, 0.3) is 5.22 Å². The van der Waals surface area contributed by atoms with Gasteiger partial charge in [0, 0.05) is 11.8 Å². The molecule has 3 N–H and O–H groups in total. The number of hydrogen-bond donors (Lipinski definition) is 2. The molecule has 0 unspecified atom stereocenters. The van der Waals surface area contributed by atoms with E-state index < -0.39 is 0 Å². The average Bonchev–Trinajstić information content (AvgIpc) is 2.83. The molecule has 3 aromatic rings. The first-order chi connectivity index (χ1) is 9.26. The van der Waals surface area contributed by atoms with Crippen LogP contribution in [0.5, 0.6) is 0 Å². The van der Waals surface area contributed by atoms with E-state index in [0.29, 0.717) is 11.2 Å². The molecule has 2 heterocycles. The van der Waals surface area contributed by atoms with Crippen LogP contribution in [-0.2, 0) is 0 Å². The van der Waals surface area contributed by atoms with Gasteiger partial charge in [-0.05, 0) is 30.8 Å². The van der Waals surface area contributed by atoms with Gasteiger partial charge in [-0.1, -0.05) is 12.1 Å². The summed E-state index contributed by atoms with van der Waals surface area (Å²) in [5.74, 6) is 5.67. The van der Waals surface area contributed by atoms with Gasteiger partial charge in [0.05, 0.1) is 0 Å². The molecule has 7 heteroatoms. The van der Waals surface area contributed by atoms with Crippen LogP contribution < -0.4 is 11.3 Å². The SMILES string of the molecule is Cc1cnc(NN)nc1Sc1nc2ccccc2o1. The van der Waals surface area contributed by atoms with Crippen LogP contribution in [0.25, 0.3) is 11.1 Å². The summed E-state index contributed by atoms with van der Waals surface area (Å²) in [6.07, 6.45) is 1.70. The zero-order valence-electron chi connectivity index (χ0n) is 10.1. The van der Waals surface area contributed by atoms with Crippen LogP contribution in [0.4, 0.5) is 5.95 Å². The second-order valence-electron chi connectivity index (χ2n) is 3.88. The third-order valence-corrected chi connectivity index (χ3v) is 3.47. The fourth-order valence-corrected chi connectivity index (χ4v) is 2.36. The summed E-state index contributed by atoms with van der Waals surface area (Å²) in [6.45, 7) is 1.92. The van der Waals surface area contributed by atoms with Crippen molar-refractivity contribution < 1.29 is 4.42 Å². The molecule has 96 valence electrons. The van der Waals surface area contributed by atoms with Gasteiger partial charge < -0.3 is 4.42 Å². The minimum atomic E-state index is 0.365. The van der Waals surface area contributed by atoms with E-state index in [4.69, 9.17) is 10.3 Å². The van der Waals surface area contributed by atoms with Crippen LogP contribution in [0.3, 0.4) is 0 Å². The van der Waals surface area contributed by atoms with E-state index >= 15 is 0 Å². The summed E-state index contributed by atoms with van der Waals surface area (Å²) in [6, 6.07) is 7.62. The largest absolute Gasteiger partial charge is 0.431 e. The van der Waals surface area contributed by atoms with Crippen molar-refractivity contribution in [1.29, 1.82) is 0 Å². The highest BCUT2D eigenvalue weighted by molar-refractivity contribution is 7.99. The van der Waals surface area contributed by atoms with Gasteiger partial charge in [-0.25, -0.2) is 20.8 Å². The number of rotatable bonds is 3. The molecule has 0 fully saturated rings. The summed E-state index contributed by atoms with van der Waals surface area (Å²) in [7, 11) is 0. The number of nitrogens with zero attached hydrogens (tertiary/aromatic N) is 3. The monoisotopic (exact) mass is 273 g/mol. The van der Waals surface area contributed by atoms with Gasteiger partial charge in [0.2, 0.25) is 5.95 Å². The van der Waals surface area contributed by atoms with Crippen molar-refractivity contribution >= 4 is 28.8 Å². The lowest BCUT2D eigenvalue weighted by Gasteiger charge is -2.03. The first-order valence-electron chi connectivity index (χ1n) is 5.60. The van der Waals surface area contributed by atoms with E-state index in [-0.39, 0.29) is 0 Å². The molecule has 0 aliphatic heterocycles. The third-order valence-electron chi connectivity index (χ3n) is 2.51. The number of hydrazine groups is 1. The van der Waals surface area contributed by atoms with Crippen LogP contribution >= 0.6 is 11.8 Å². The van der Waals surface area contributed by atoms with Gasteiger partial charge in [0.1, 0.15) is 10.5 Å². The number of nitrogens with two attached hydrogens (primary N) is 1. The normalized spacial score (nSPS) is 10.8. The van der Waals surface area contributed by atoms with Crippen molar-refractivity contribution in [3.63, 3.8) is 0 Å². The lowest BCUT2D eigenvalue weighted by Crippen LogP contribution is -2.10. The van der Waals surface area contributed by atoms with Gasteiger partial charge in [-0.2, -0.15) is 0 Å². The first kappa shape index (κ1) is 11.9. The molecule has 0 amide bonds. The Balaban J connectivity index is 1.96. The zero-order chi connectivity index (χ0) is 13.2. The van der Waals surface area contributed by atoms with Crippen molar-refractivity contribution in [2.24, 2.45) is 5.84 Å². The highest BCUT2D eigenvalue weighted by atomic mass is 32.2. The Hall–Kier alpha value is -2.12. The first-order valence-corrected chi connectivity index (χ1v) is 6.41. The number of hydrogen-bond acceptors (Lipinski definition) is 7. The molecule has 2 aromatic heterocycles. The predicted molar refractivity (Wildman–Crippen MR) is 72.7 cm³/mol. The molecule has 0 aliphatic carbocycles. The molecule has 0 saturated heterocycles.